The number of para-hydroxylation sites is 1. The molecule has 0 atom stereocenters. The highest BCUT2D eigenvalue weighted by Gasteiger charge is 2.17. The summed E-state index contributed by atoms with van der Waals surface area (Å²) in [5.41, 5.74) is 2.31. The number of hydrogen-bond donors (Lipinski definition) is 0. The fraction of sp³-hybridized carbons (Fsp3) is 0.231. The minimum absolute atomic E-state index is 0.0562. The lowest BCUT2D eigenvalue weighted by Crippen LogP contribution is -2.28. The standard InChI is InChI=1S/C13H15N3O/c1-10-9-12(16(3)14-10)13(17)15(2)11-7-5-4-6-8-11/h4-9H,1-3H3. The van der Waals surface area contributed by atoms with Crippen molar-refractivity contribution in [3.8, 4) is 0 Å². The summed E-state index contributed by atoms with van der Waals surface area (Å²) in [5.74, 6) is -0.0562. The predicted molar refractivity (Wildman–Crippen MR) is 67.1 cm³/mol. The molecule has 4 heteroatoms. The van der Waals surface area contributed by atoms with Gasteiger partial charge in [0.2, 0.25) is 0 Å². The maximum Gasteiger partial charge on any atom is 0.276 e. The van der Waals surface area contributed by atoms with Crippen LogP contribution < -0.4 is 4.90 Å². The fourth-order valence-corrected chi connectivity index (χ4v) is 1.75. The molecule has 0 aliphatic carbocycles. The third-order valence-corrected chi connectivity index (χ3v) is 2.67. The Hall–Kier alpha value is -2.10. The molecule has 0 saturated carbocycles. The summed E-state index contributed by atoms with van der Waals surface area (Å²) in [4.78, 5) is 13.9. The SMILES string of the molecule is Cc1cc(C(=O)N(C)c2ccccc2)n(C)n1. The predicted octanol–water partition coefficient (Wildman–Crippen LogP) is 2.01. The molecule has 0 aliphatic rings. The van der Waals surface area contributed by atoms with E-state index in [1.54, 1.807) is 29.7 Å². The number of carbonyl (C=O) groups excluding carboxylic acids is 1. The summed E-state index contributed by atoms with van der Waals surface area (Å²) in [7, 11) is 3.54. The van der Waals surface area contributed by atoms with Crippen molar-refractivity contribution in [2.24, 2.45) is 7.05 Å². The van der Waals surface area contributed by atoms with E-state index in [0.717, 1.165) is 11.4 Å². The lowest BCUT2D eigenvalue weighted by molar-refractivity contribution is 0.0984. The number of nitrogens with zero attached hydrogens (tertiary/aromatic N) is 3. The highest BCUT2D eigenvalue weighted by Crippen LogP contribution is 2.14. The Labute approximate surface area is 100 Å². The van der Waals surface area contributed by atoms with E-state index in [0.29, 0.717) is 5.69 Å². The van der Waals surface area contributed by atoms with Crippen LogP contribution in [-0.4, -0.2) is 22.7 Å². The first-order valence-corrected chi connectivity index (χ1v) is 5.43. The normalized spacial score (nSPS) is 10.3. The molecule has 2 rings (SSSR count). The van der Waals surface area contributed by atoms with Crippen LogP contribution in [-0.2, 0) is 7.05 Å². The molecule has 0 fully saturated rings. The van der Waals surface area contributed by atoms with Crippen LogP contribution >= 0.6 is 0 Å². The molecule has 0 bridgehead atoms. The van der Waals surface area contributed by atoms with Crippen LogP contribution in [0.1, 0.15) is 16.2 Å². The third kappa shape index (κ3) is 2.20. The number of hydrogen-bond acceptors (Lipinski definition) is 2. The molecule has 0 aliphatic heterocycles. The Balaban J connectivity index is 2.30. The van der Waals surface area contributed by atoms with Gasteiger partial charge >= 0.3 is 0 Å². The van der Waals surface area contributed by atoms with Crippen molar-refractivity contribution in [1.29, 1.82) is 0 Å². The molecule has 0 radical (unpaired) electrons. The number of carbonyl (C=O) groups is 1. The van der Waals surface area contributed by atoms with Crippen LogP contribution in [0.25, 0.3) is 0 Å². The molecular formula is C13H15N3O. The number of rotatable bonds is 2. The molecule has 4 nitrogen and oxygen atoms in total. The van der Waals surface area contributed by atoms with Crippen molar-refractivity contribution in [2.75, 3.05) is 11.9 Å². The van der Waals surface area contributed by atoms with E-state index in [2.05, 4.69) is 5.10 Å². The highest BCUT2D eigenvalue weighted by molar-refractivity contribution is 6.04. The quantitative estimate of drug-likeness (QED) is 0.790. The van der Waals surface area contributed by atoms with Crippen LogP contribution in [0.4, 0.5) is 5.69 Å². The Bertz CT molecular complexity index is 531. The van der Waals surface area contributed by atoms with Gasteiger partial charge < -0.3 is 4.90 Å². The summed E-state index contributed by atoms with van der Waals surface area (Å²) in [6.07, 6.45) is 0. The van der Waals surface area contributed by atoms with E-state index in [1.807, 2.05) is 37.3 Å². The summed E-state index contributed by atoms with van der Waals surface area (Å²) in [6, 6.07) is 11.3. The van der Waals surface area contributed by atoms with Gasteiger partial charge in [-0.3, -0.25) is 9.48 Å². The number of benzene rings is 1. The minimum atomic E-state index is -0.0562. The second kappa shape index (κ2) is 4.41. The first kappa shape index (κ1) is 11.4. The van der Waals surface area contributed by atoms with Gasteiger partial charge in [0, 0.05) is 19.8 Å². The Kier molecular flexibility index (Phi) is 2.95. The Morgan fingerprint density at radius 1 is 1.29 bits per heavy atom. The molecule has 1 heterocycles. The molecule has 2 aromatic rings. The van der Waals surface area contributed by atoms with Gasteiger partial charge in [-0.2, -0.15) is 5.10 Å². The summed E-state index contributed by atoms with van der Waals surface area (Å²) < 4.78 is 1.61. The van der Waals surface area contributed by atoms with E-state index in [1.165, 1.54) is 0 Å². The average Bonchev–Trinajstić information content (AvgIpc) is 2.68. The Morgan fingerprint density at radius 3 is 2.47 bits per heavy atom. The van der Waals surface area contributed by atoms with Gasteiger partial charge in [0.1, 0.15) is 5.69 Å². The topological polar surface area (TPSA) is 38.1 Å². The zero-order chi connectivity index (χ0) is 12.4. The molecular weight excluding hydrogens is 214 g/mol. The van der Waals surface area contributed by atoms with Gasteiger partial charge in [-0.1, -0.05) is 18.2 Å². The molecule has 0 N–H and O–H groups in total. The molecule has 0 saturated heterocycles. The lowest BCUT2D eigenvalue weighted by atomic mass is 10.2. The number of aryl methyl sites for hydroxylation is 2. The van der Waals surface area contributed by atoms with Crippen LogP contribution in [0, 0.1) is 6.92 Å². The fourth-order valence-electron chi connectivity index (χ4n) is 1.75. The maximum absolute atomic E-state index is 12.2. The average molecular weight is 229 g/mol. The van der Waals surface area contributed by atoms with Crippen molar-refractivity contribution in [2.45, 2.75) is 6.92 Å². The first-order valence-electron chi connectivity index (χ1n) is 5.43. The maximum atomic E-state index is 12.2. The van der Waals surface area contributed by atoms with Crippen molar-refractivity contribution in [1.82, 2.24) is 9.78 Å². The molecule has 1 amide bonds. The number of aromatic nitrogens is 2. The third-order valence-electron chi connectivity index (χ3n) is 2.67. The van der Waals surface area contributed by atoms with E-state index >= 15 is 0 Å². The van der Waals surface area contributed by atoms with Gasteiger partial charge in [0.15, 0.2) is 0 Å². The van der Waals surface area contributed by atoms with Crippen LogP contribution in [0.15, 0.2) is 36.4 Å². The van der Waals surface area contributed by atoms with Gasteiger partial charge in [-0.05, 0) is 25.1 Å². The van der Waals surface area contributed by atoms with E-state index in [4.69, 9.17) is 0 Å². The van der Waals surface area contributed by atoms with Gasteiger partial charge in [-0.25, -0.2) is 0 Å². The zero-order valence-electron chi connectivity index (χ0n) is 10.2. The van der Waals surface area contributed by atoms with Crippen molar-refractivity contribution in [3.05, 3.63) is 47.8 Å². The smallest absolute Gasteiger partial charge is 0.276 e. The van der Waals surface area contributed by atoms with Gasteiger partial charge in [-0.15, -0.1) is 0 Å². The van der Waals surface area contributed by atoms with E-state index < -0.39 is 0 Å². The molecule has 0 unspecified atom stereocenters. The van der Waals surface area contributed by atoms with Crippen molar-refractivity contribution >= 4 is 11.6 Å². The minimum Gasteiger partial charge on any atom is -0.310 e. The largest absolute Gasteiger partial charge is 0.310 e. The van der Waals surface area contributed by atoms with Gasteiger partial charge in [0.25, 0.3) is 5.91 Å². The van der Waals surface area contributed by atoms with Crippen LogP contribution in [0.2, 0.25) is 0 Å². The Morgan fingerprint density at radius 2 is 1.94 bits per heavy atom. The molecule has 1 aromatic heterocycles. The molecule has 17 heavy (non-hydrogen) atoms. The second-order valence-corrected chi connectivity index (χ2v) is 3.99. The monoisotopic (exact) mass is 229 g/mol. The zero-order valence-corrected chi connectivity index (χ0v) is 10.2. The summed E-state index contributed by atoms with van der Waals surface area (Å²) in [5, 5.41) is 4.18. The first-order chi connectivity index (χ1) is 8.09. The lowest BCUT2D eigenvalue weighted by Gasteiger charge is -2.16. The molecule has 88 valence electrons. The van der Waals surface area contributed by atoms with Gasteiger partial charge in [0.05, 0.1) is 5.69 Å². The van der Waals surface area contributed by atoms with Crippen molar-refractivity contribution in [3.63, 3.8) is 0 Å². The number of amides is 1. The number of anilines is 1. The van der Waals surface area contributed by atoms with Crippen molar-refractivity contribution < 1.29 is 4.79 Å². The summed E-state index contributed by atoms with van der Waals surface area (Å²) >= 11 is 0. The van der Waals surface area contributed by atoms with Crippen LogP contribution in [0.5, 0.6) is 0 Å². The second-order valence-electron chi connectivity index (χ2n) is 3.99. The van der Waals surface area contributed by atoms with E-state index in [-0.39, 0.29) is 5.91 Å². The summed E-state index contributed by atoms with van der Waals surface area (Å²) in [6.45, 7) is 1.87. The molecule has 1 aromatic carbocycles. The highest BCUT2D eigenvalue weighted by atomic mass is 16.2. The molecule has 0 spiro atoms. The van der Waals surface area contributed by atoms with Crippen LogP contribution in [0.3, 0.4) is 0 Å². The van der Waals surface area contributed by atoms with E-state index in [9.17, 15) is 4.79 Å².